The van der Waals surface area contributed by atoms with Gasteiger partial charge in [-0.25, -0.2) is 0 Å². The Balaban J connectivity index is 2.63. The van der Waals surface area contributed by atoms with Gasteiger partial charge in [0.25, 0.3) is 0 Å². The summed E-state index contributed by atoms with van der Waals surface area (Å²) in [4.78, 5) is 11.5. The molecule has 1 unspecified atom stereocenters. The Kier molecular flexibility index (Phi) is 4.14. The average Bonchev–Trinajstić information content (AvgIpc) is 2.18. The van der Waals surface area contributed by atoms with Crippen LogP contribution in [0.4, 0.5) is 5.69 Å². The Morgan fingerprint density at radius 3 is 3.00 bits per heavy atom. The van der Waals surface area contributed by atoms with Crippen molar-refractivity contribution in [2.45, 2.75) is 13.3 Å². The van der Waals surface area contributed by atoms with E-state index in [2.05, 4.69) is 5.32 Å². The molecular formula is C11H11ClN2O. The maximum Gasteiger partial charge on any atom is 0.228 e. The number of benzene rings is 1. The summed E-state index contributed by atoms with van der Waals surface area (Å²) in [5.74, 6) is -0.479. The lowest BCUT2D eigenvalue weighted by molar-refractivity contribution is -0.119. The van der Waals surface area contributed by atoms with Gasteiger partial charge in [0.15, 0.2) is 0 Å². The molecule has 0 spiro atoms. The van der Waals surface area contributed by atoms with Crippen molar-refractivity contribution in [3.63, 3.8) is 0 Å². The highest BCUT2D eigenvalue weighted by Crippen LogP contribution is 2.16. The standard InChI is InChI=1S/C11H11ClN2O/c1-8(5-6-13)11(15)14-10-4-2-3-9(12)7-10/h2-4,7-8H,5H2,1H3,(H,14,15). The molecule has 0 aliphatic carbocycles. The van der Waals surface area contributed by atoms with Gasteiger partial charge in [0.05, 0.1) is 6.07 Å². The van der Waals surface area contributed by atoms with Crippen LogP contribution in [0.5, 0.6) is 0 Å². The molecule has 0 bridgehead atoms. The molecule has 0 aliphatic rings. The molecule has 15 heavy (non-hydrogen) atoms. The molecule has 1 N–H and O–H groups in total. The van der Waals surface area contributed by atoms with E-state index in [4.69, 9.17) is 16.9 Å². The van der Waals surface area contributed by atoms with Crippen LogP contribution in [-0.2, 0) is 4.79 Å². The predicted molar refractivity (Wildman–Crippen MR) is 59.5 cm³/mol. The Bertz CT molecular complexity index is 398. The predicted octanol–water partition coefficient (Wildman–Crippen LogP) is 2.83. The number of halogens is 1. The van der Waals surface area contributed by atoms with Crippen molar-refractivity contribution in [3.05, 3.63) is 29.3 Å². The van der Waals surface area contributed by atoms with Crippen molar-refractivity contribution < 1.29 is 4.79 Å². The third kappa shape index (κ3) is 3.61. The summed E-state index contributed by atoms with van der Waals surface area (Å²) >= 11 is 5.77. The summed E-state index contributed by atoms with van der Waals surface area (Å²) in [6.45, 7) is 1.71. The number of anilines is 1. The van der Waals surface area contributed by atoms with Gasteiger partial charge >= 0.3 is 0 Å². The first-order valence-electron chi connectivity index (χ1n) is 4.57. The van der Waals surface area contributed by atoms with Crippen molar-refractivity contribution in [1.29, 1.82) is 5.26 Å². The lowest BCUT2D eigenvalue weighted by atomic mass is 10.1. The van der Waals surface area contributed by atoms with Gasteiger partial charge in [-0.2, -0.15) is 5.26 Å². The van der Waals surface area contributed by atoms with Gasteiger partial charge in [-0.1, -0.05) is 24.6 Å². The molecule has 1 atom stereocenters. The van der Waals surface area contributed by atoms with Gasteiger partial charge in [0, 0.05) is 23.0 Å². The van der Waals surface area contributed by atoms with Crippen LogP contribution in [0.3, 0.4) is 0 Å². The van der Waals surface area contributed by atoms with E-state index in [-0.39, 0.29) is 18.2 Å². The Morgan fingerprint density at radius 2 is 2.40 bits per heavy atom. The van der Waals surface area contributed by atoms with Crippen molar-refractivity contribution in [2.75, 3.05) is 5.32 Å². The average molecular weight is 223 g/mol. The zero-order valence-electron chi connectivity index (χ0n) is 8.33. The Labute approximate surface area is 93.7 Å². The van der Waals surface area contributed by atoms with E-state index in [0.717, 1.165) is 0 Å². The number of nitrogens with zero attached hydrogens (tertiary/aromatic N) is 1. The molecule has 0 radical (unpaired) electrons. The summed E-state index contributed by atoms with van der Waals surface area (Å²) in [7, 11) is 0. The smallest absolute Gasteiger partial charge is 0.228 e. The molecule has 0 heterocycles. The molecular weight excluding hydrogens is 212 g/mol. The van der Waals surface area contributed by atoms with Crippen molar-refractivity contribution in [1.82, 2.24) is 0 Å². The lowest BCUT2D eigenvalue weighted by Gasteiger charge is -2.08. The van der Waals surface area contributed by atoms with E-state index in [9.17, 15) is 4.79 Å². The summed E-state index contributed by atoms with van der Waals surface area (Å²) in [5.41, 5.74) is 0.650. The highest BCUT2D eigenvalue weighted by molar-refractivity contribution is 6.30. The Hall–Kier alpha value is -1.53. The summed E-state index contributed by atoms with van der Waals surface area (Å²) in [6, 6.07) is 8.87. The minimum absolute atomic E-state index is 0.168. The topological polar surface area (TPSA) is 52.9 Å². The van der Waals surface area contributed by atoms with Crippen LogP contribution in [0.1, 0.15) is 13.3 Å². The molecule has 3 nitrogen and oxygen atoms in total. The van der Waals surface area contributed by atoms with Gasteiger partial charge in [-0.05, 0) is 18.2 Å². The van der Waals surface area contributed by atoms with Gasteiger partial charge in [-0.15, -0.1) is 0 Å². The quantitative estimate of drug-likeness (QED) is 0.855. The Morgan fingerprint density at radius 1 is 1.67 bits per heavy atom. The van der Waals surface area contributed by atoms with E-state index in [1.807, 2.05) is 6.07 Å². The van der Waals surface area contributed by atoms with Crippen LogP contribution < -0.4 is 5.32 Å². The van der Waals surface area contributed by atoms with Crippen molar-refractivity contribution in [3.8, 4) is 6.07 Å². The minimum atomic E-state index is -0.311. The number of hydrogen-bond acceptors (Lipinski definition) is 2. The number of rotatable bonds is 3. The largest absolute Gasteiger partial charge is 0.326 e. The lowest BCUT2D eigenvalue weighted by Crippen LogP contribution is -2.19. The molecule has 78 valence electrons. The third-order valence-electron chi connectivity index (χ3n) is 1.94. The van der Waals surface area contributed by atoms with Gasteiger partial charge < -0.3 is 5.32 Å². The number of hydrogen-bond donors (Lipinski definition) is 1. The fourth-order valence-corrected chi connectivity index (χ4v) is 1.25. The normalized spacial score (nSPS) is 11.5. The van der Waals surface area contributed by atoms with Gasteiger partial charge in [-0.3, -0.25) is 4.79 Å². The van der Waals surface area contributed by atoms with Crippen LogP contribution in [0.25, 0.3) is 0 Å². The first-order chi connectivity index (χ1) is 7.13. The highest BCUT2D eigenvalue weighted by atomic mass is 35.5. The van der Waals surface area contributed by atoms with E-state index >= 15 is 0 Å². The number of carbonyl (C=O) groups excluding carboxylic acids is 1. The van der Waals surface area contributed by atoms with Crippen LogP contribution in [0.15, 0.2) is 24.3 Å². The molecule has 0 saturated heterocycles. The maximum atomic E-state index is 11.5. The minimum Gasteiger partial charge on any atom is -0.326 e. The number of nitriles is 1. The summed E-state index contributed by atoms with van der Waals surface area (Å²) in [5, 5.41) is 11.7. The van der Waals surface area contributed by atoms with Crippen molar-refractivity contribution in [2.24, 2.45) is 5.92 Å². The molecule has 1 aromatic rings. The highest BCUT2D eigenvalue weighted by Gasteiger charge is 2.12. The number of nitrogens with one attached hydrogen (secondary N) is 1. The molecule has 0 saturated carbocycles. The van der Waals surface area contributed by atoms with Crippen LogP contribution >= 0.6 is 11.6 Å². The molecule has 1 amide bonds. The van der Waals surface area contributed by atoms with E-state index in [0.29, 0.717) is 10.7 Å². The molecule has 4 heteroatoms. The monoisotopic (exact) mass is 222 g/mol. The first-order valence-corrected chi connectivity index (χ1v) is 4.94. The maximum absolute atomic E-state index is 11.5. The second-order valence-electron chi connectivity index (χ2n) is 3.26. The zero-order valence-corrected chi connectivity index (χ0v) is 9.08. The van der Waals surface area contributed by atoms with Gasteiger partial charge in [0.2, 0.25) is 5.91 Å². The van der Waals surface area contributed by atoms with Crippen LogP contribution in [0.2, 0.25) is 5.02 Å². The van der Waals surface area contributed by atoms with Crippen molar-refractivity contribution >= 4 is 23.2 Å². The fourth-order valence-electron chi connectivity index (χ4n) is 1.06. The summed E-state index contributed by atoms with van der Waals surface area (Å²) in [6.07, 6.45) is 0.215. The van der Waals surface area contributed by atoms with E-state index in [1.165, 1.54) is 0 Å². The van der Waals surface area contributed by atoms with E-state index in [1.54, 1.807) is 31.2 Å². The first kappa shape index (κ1) is 11.5. The van der Waals surface area contributed by atoms with Gasteiger partial charge in [0.1, 0.15) is 0 Å². The number of amides is 1. The third-order valence-corrected chi connectivity index (χ3v) is 2.17. The molecule has 1 aromatic carbocycles. The zero-order chi connectivity index (χ0) is 11.3. The number of carbonyl (C=O) groups is 1. The molecule has 1 rings (SSSR count). The second kappa shape index (κ2) is 5.38. The molecule has 0 aliphatic heterocycles. The second-order valence-corrected chi connectivity index (χ2v) is 3.70. The van der Waals surface area contributed by atoms with E-state index < -0.39 is 0 Å². The molecule has 0 fully saturated rings. The fraction of sp³-hybridized carbons (Fsp3) is 0.273. The molecule has 0 aromatic heterocycles. The SMILES string of the molecule is CC(CC#N)C(=O)Nc1cccc(Cl)c1. The van der Waals surface area contributed by atoms with Crippen LogP contribution in [0, 0.1) is 17.2 Å². The van der Waals surface area contributed by atoms with Crippen LogP contribution in [-0.4, -0.2) is 5.91 Å². The summed E-state index contributed by atoms with van der Waals surface area (Å²) < 4.78 is 0.